The van der Waals surface area contributed by atoms with E-state index in [4.69, 9.17) is 16.3 Å². The van der Waals surface area contributed by atoms with E-state index >= 15 is 0 Å². The summed E-state index contributed by atoms with van der Waals surface area (Å²) >= 11 is 6.01. The highest BCUT2D eigenvalue weighted by atomic mass is 35.5. The molecular weight excluding hydrogens is 212 g/mol. The normalized spacial score (nSPS) is 15.1. The number of aliphatic hydroxyl groups is 1. The van der Waals surface area contributed by atoms with Crippen LogP contribution in [0.1, 0.15) is 31.7 Å². The minimum atomic E-state index is -0.552. The molecule has 2 nitrogen and oxygen atoms in total. The molecule has 0 aliphatic carbocycles. The molecule has 0 aromatic heterocycles. The third-order valence-electron chi connectivity index (χ3n) is 1.99. The summed E-state index contributed by atoms with van der Waals surface area (Å²) in [6.07, 6.45) is -0.386. The minimum absolute atomic E-state index is 0.166. The van der Waals surface area contributed by atoms with Crippen molar-refractivity contribution in [2.24, 2.45) is 0 Å². The summed E-state index contributed by atoms with van der Waals surface area (Å²) < 4.78 is 5.50. The molecule has 0 bridgehead atoms. The molecule has 0 amide bonds. The van der Waals surface area contributed by atoms with E-state index in [1.165, 1.54) is 0 Å². The Bertz CT molecular complexity index is 293. The van der Waals surface area contributed by atoms with Crippen LogP contribution in [-0.4, -0.2) is 17.3 Å². The highest BCUT2D eigenvalue weighted by molar-refractivity contribution is 6.21. The van der Waals surface area contributed by atoms with Gasteiger partial charge in [0.1, 0.15) is 5.75 Å². The van der Waals surface area contributed by atoms with Crippen molar-refractivity contribution in [2.75, 3.05) is 0 Å². The van der Waals surface area contributed by atoms with Gasteiger partial charge in [-0.2, -0.15) is 0 Å². The van der Waals surface area contributed by atoms with Crippen LogP contribution in [-0.2, 0) is 0 Å². The maximum Gasteiger partial charge on any atom is 0.119 e. The monoisotopic (exact) mass is 228 g/mol. The first-order chi connectivity index (χ1) is 7.00. The number of hydrogen-bond acceptors (Lipinski definition) is 2. The Balaban J connectivity index is 2.72. The van der Waals surface area contributed by atoms with Crippen molar-refractivity contribution in [3.8, 4) is 5.75 Å². The average Bonchev–Trinajstić information content (AvgIpc) is 2.17. The predicted octanol–water partition coefficient (Wildman–Crippen LogP) is 3.13. The summed E-state index contributed by atoms with van der Waals surface area (Å²) in [5.41, 5.74) is 0.905. The largest absolute Gasteiger partial charge is 0.491 e. The molecule has 0 saturated heterocycles. The van der Waals surface area contributed by atoms with Gasteiger partial charge in [0.25, 0.3) is 0 Å². The maximum absolute atomic E-state index is 9.33. The standard InChI is InChI=1S/C12H17ClO2/c1-8(2)15-11-6-4-10(5-7-11)12(13)9(3)14/h4-9,12,14H,1-3H3. The summed E-state index contributed by atoms with van der Waals surface area (Å²) in [5, 5.41) is 8.96. The van der Waals surface area contributed by atoms with Gasteiger partial charge in [-0.15, -0.1) is 11.6 Å². The highest BCUT2D eigenvalue weighted by Gasteiger charge is 2.13. The Hall–Kier alpha value is -0.730. The maximum atomic E-state index is 9.33. The first-order valence-electron chi connectivity index (χ1n) is 5.09. The quantitative estimate of drug-likeness (QED) is 0.803. The Labute approximate surface area is 95.8 Å². The van der Waals surface area contributed by atoms with Gasteiger partial charge in [-0.05, 0) is 38.5 Å². The third kappa shape index (κ3) is 3.73. The molecule has 1 aromatic rings. The van der Waals surface area contributed by atoms with E-state index in [2.05, 4.69) is 0 Å². The molecule has 0 fully saturated rings. The van der Waals surface area contributed by atoms with E-state index in [1.807, 2.05) is 38.1 Å². The highest BCUT2D eigenvalue weighted by Crippen LogP contribution is 2.26. The van der Waals surface area contributed by atoms with E-state index in [1.54, 1.807) is 6.92 Å². The van der Waals surface area contributed by atoms with Crippen molar-refractivity contribution in [3.63, 3.8) is 0 Å². The lowest BCUT2D eigenvalue weighted by Crippen LogP contribution is -2.09. The molecule has 2 atom stereocenters. The van der Waals surface area contributed by atoms with Crippen molar-refractivity contribution >= 4 is 11.6 Å². The molecule has 0 aliphatic heterocycles. The fourth-order valence-electron chi connectivity index (χ4n) is 1.28. The topological polar surface area (TPSA) is 29.5 Å². The Morgan fingerprint density at radius 2 is 1.67 bits per heavy atom. The van der Waals surface area contributed by atoms with Crippen LogP contribution in [0.2, 0.25) is 0 Å². The molecule has 1 aromatic carbocycles. The smallest absolute Gasteiger partial charge is 0.119 e. The van der Waals surface area contributed by atoms with Gasteiger partial charge in [-0.3, -0.25) is 0 Å². The SMILES string of the molecule is CC(C)Oc1ccc(C(Cl)C(C)O)cc1. The molecule has 84 valence electrons. The predicted molar refractivity (Wildman–Crippen MR) is 62.5 cm³/mol. The zero-order chi connectivity index (χ0) is 11.4. The lowest BCUT2D eigenvalue weighted by atomic mass is 10.1. The molecule has 1 N–H and O–H groups in total. The second kappa shape index (κ2) is 5.38. The molecule has 2 unspecified atom stereocenters. The fourth-order valence-corrected chi connectivity index (χ4v) is 1.43. The third-order valence-corrected chi connectivity index (χ3v) is 2.61. The molecule has 0 heterocycles. The van der Waals surface area contributed by atoms with Gasteiger partial charge in [0, 0.05) is 0 Å². The molecule has 1 rings (SSSR count). The number of hydrogen-bond donors (Lipinski definition) is 1. The lowest BCUT2D eigenvalue weighted by Gasteiger charge is -2.14. The van der Waals surface area contributed by atoms with Gasteiger partial charge in [0.2, 0.25) is 0 Å². The zero-order valence-corrected chi connectivity index (χ0v) is 10.0. The summed E-state index contributed by atoms with van der Waals surface area (Å²) in [5.74, 6) is 0.822. The number of aliphatic hydroxyl groups excluding tert-OH is 1. The molecule has 15 heavy (non-hydrogen) atoms. The van der Waals surface area contributed by atoms with E-state index < -0.39 is 6.10 Å². The second-order valence-electron chi connectivity index (χ2n) is 3.88. The molecule has 0 saturated carbocycles. The van der Waals surface area contributed by atoms with Crippen LogP contribution in [0, 0.1) is 0 Å². The van der Waals surface area contributed by atoms with E-state index in [9.17, 15) is 5.11 Å². The number of ether oxygens (including phenoxy) is 1. The van der Waals surface area contributed by atoms with Gasteiger partial charge >= 0.3 is 0 Å². The number of alkyl halides is 1. The van der Waals surface area contributed by atoms with Crippen LogP contribution in [0.25, 0.3) is 0 Å². The van der Waals surface area contributed by atoms with E-state index in [0.29, 0.717) is 0 Å². The first-order valence-corrected chi connectivity index (χ1v) is 5.53. The van der Waals surface area contributed by atoms with Crippen LogP contribution >= 0.6 is 11.6 Å². The summed E-state index contributed by atoms with van der Waals surface area (Å²) in [6.45, 7) is 5.64. The van der Waals surface area contributed by atoms with Gasteiger partial charge in [0.15, 0.2) is 0 Å². The number of halogens is 1. The van der Waals surface area contributed by atoms with Gasteiger partial charge in [-0.25, -0.2) is 0 Å². The van der Waals surface area contributed by atoms with Crippen LogP contribution in [0.4, 0.5) is 0 Å². The first kappa shape index (κ1) is 12.3. The van der Waals surface area contributed by atoms with Crippen LogP contribution in [0.5, 0.6) is 5.75 Å². The van der Waals surface area contributed by atoms with Crippen molar-refractivity contribution in [2.45, 2.75) is 38.4 Å². The Kier molecular flexibility index (Phi) is 4.43. The second-order valence-corrected chi connectivity index (χ2v) is 4.35. The van der Waals surface area contributed by atoms with Crippen molar-refractivity contribution in [3.05, 3.63) is 29.8 Å². The average molecular weight is 229 g/mol. The molecule has 0 spiro atoms. The van der Waals surface area contributed by atoms with Crippen LogP contribution < -0.4 is 4.74 Å². The fraction of sp³-hybridized carbons (Fsp3) is 0.500. The van der Waals surface area contributed by atoms with E-state index in [-0.39, 0.29) is 11.5 Å². The Morgan fingerprint density at radius 3 is 2.07 bits per heavy atom. The minimum Gasteiger partial charge on any atom is -0.491 e. The molecule has 0 aliphatic rings. The van der Waals surface area contributed by atoms with Crippen molar-refractivity contribution < 1.29 is 9.84 Å². The van der Waals surface area contributed by atoms with Gasteiger partial charge in [-0.1, -0.05) is 12.1 Å². The van der Waals surface area contributed by atoms with Crippen LogP contribution in [0.15, 0.2) is 24.3 Å². The molecule has 3 heteroatoms. The van der Waals surface area contributed by atoms with Gasteiger partial charge in [0.05, 0.1) is 17.6 Å². The zero-order valence-electron chi connectivity index (χ0n) is 9.27. The molecule has 0 radical (unpaired) electrons. The summed E-state index contributed by atoms with van der Waals surface area (Å²) in [6, 6.07) is 7.49. The Morgan fingerprint density at radius 1 is 1.13 bits per heavy atom. The number of benzene rings is 1. The molecular formula is C12H17ClO2. The van der Waals surface area contributed by atoms with Crippen molar-refractivity contribution in [1.82, 2.24) is 0 Å². The summed E-state index contributed by atoms with van der Waals surface area (Å²) in [4.78, 5) is 0. The van der Waals surface area contributed by atoms with Crippen molar-refractivity contribution in [1.29, 1.82) is 0 Å². The van der Waals surface area contributed by atoms with Gasteiger partial charge < -0.3 is 9.84 Å². The number of rotatable bonds is 4. The lowest BCUT2D eigenvalue weighted by molar-refractivity contribution is 0.189. The van der Waals surface area contributed by atoms with E-state index in [0.717, 1.165) is 11.3 Å². The van der Waals surface area contributed by atoms with Crippen LogP contribution in [0.3, 0.4) is 0 Å². The summed E-state index contributed by atoms with van der Waals surface area (Å²) in [7, 11) is 0.